The van der Waals surface area contributed by atoms with Crippen molar-refractivity contribution in [2.45, 2.75) is 45.4 Å². The molecule has 0 atom stereocenters. The zero-order chi connectivity index (χ0) is 19.3. The van der Waals surface area contributed by atoms with Crippen LogP contribution in [0.2, 0.25) is 0 Å². The monoisotopic (exact) mass is 374 g/mol. The molecule has 1 heterocycles. The summed E-state index contributed by atoms with van der Waals surface area (Å²) in [6, 6.07) is 8.17. The summed E-state index contributed by atoms with van der Waals surface area (Å²) in [7, 11) is 1.76. The average Bonchev–Trinajstić information content (AvgIpc) is 3.13. The highest BCUT2D eigenvalue weighted by Crippen LogP contribution is 2.27. The number of guanidine groups is 1. The molecule has 0 saturated heterocycles. The van der Waals surface area contributed by atoms with Crippen LogP contribution in [0.3, 0.4) is 0 Å². The fourth-order valence-corrected chi connectivity index (χ4v) is 3.13. The van der Waals surface area contributed by atoms with Crippen molar-refractivity contribution < 1.29 is 9.53 Å². The van der Waals surface area contributed by atoms with Crippen molar-refractivity contribution in [2.24, 2.45) is 4.99 Å². The van der Waals surface area contributed by atoms with Crippen molar-refractivity contribution in [3.63, 3.8) is 0 Å². The predicted octanol–water partition coefficient (Wildman–Crippen LogP) is 2.73. The van der Waals surface area contributed by atoms with E-state index in [-0.39, 0.29) is 5.91 Å². The maximum atomic E-state index is 12.5. The van der Waals surface area contributed by atoms with Crippen molar-refractivity contribution in [1.29, 1.82) is 0 Å². The summed E-state index contributed by atoms with van der Waals surface area (Å²) >= 11 is 0. The molecule has 6 nitrogen and oxygen atoms in total. The first kappa shape index (κ1) is 21.2. The number of para-hydroxylation sites is 1. The third-order valence-electron chi connectivity index (χ3n) is 4.67. The molecule has 2 N–H and O–H groups in total. The number of nitrogens with one attached hydrogen (secondary N) is 2. The van der Waals surface area contributed by atoms with Gasteiger partial charge >= 0.3 is 0 Å². The van der Waals surface area contributed by atoms with Crippen LogP contribution in [0.4, 0.5) is 5.69 Å². The molecule has 0 fully saturated rings. The second kappa shape index (κ2) is 12.3. The van der Waals surface area contributed by atoms with Crippen molar-refractivity contribution >= 4 is 17.6 Å². The molecule has 0 radical (unpaired) electrons. The number of benzene rings is 1. The summed E-state index contributed by atoms with van der Waals surface area (Å²) < 4.78 is 5.55. The Labute approximate surface area is 163 Å². The zero-order valence-corrected chi connectivity index (χ0v) is 16.8. The van der Waals surface area contributed by atoms with E-state index < -0.39 is 0 Å². The minimum absolute atomic E-state index is 0.203. The summed E-state index contributed by atoms with van der Waals surface area (Å²) in [4.78, 5) is 18.6. The predicted molar refractivity (Wildman–Crippen MR) is 111 cm³/mol. The highest BCUT2D eigenvalue weighted by molar-refractivity contribution is 5.95. The SMILES string of the molecule is CCCCOCCCNC(=NC)NCCCC(=O)N1CCc2ccccc21. The molecule has 0 saturated carbocycles. The first-order chi connectivity index (χ1) is 13.3. The number of hydrogen-bond acceptors (Lipinski definition) is 3. The molecule has 2 rings (SSSR count). The Kier molecular flexibility index (Phi) is 9.69. The van der Waals surface area contributed by atoms with Crippen LogP contribution in [-0.2, 0) is 16.0 Å². The molecular formula is C21H34N4O2. The van der Waals surface area contributed by atoms with E-state index in [9.17, 15) is 4.79 Å². The van der Waals surface area contributed by atoms with E-state index in [1.807, 2.05) is 23.1 Å². The van der Waals surface area contributed by atoms with Gasteiger partial charge in [0.25, 0.3) is 0 Å². The maximum Gasteiger partial charge on any atom is 0.227 e. The number of anilines is 1. The third kappa shape index (κ3) is 7.21. The number of aliphatic imine (C=N–C) groups is 1. The Hall–Kier alpha value is -2.08. The second-order valence-electron chi connectivity index (χ2n) is 6.77. The van der Waals surface area contributed by atoms with Gasteiger partial charge in [0.15, 0.2) is 5.96 Å². The van der Waals surface area contributed by atoms with Gasteiger partial charge in [0.2, 0.25) is 5.91 Å². The van der Waals surface area contributed by atoms with Gasteiger partial charge in [-0.3, -0.25) is 9.79 Å². The van der Waals surface area contributed by atoms with Crippen LogP contribution in [0.5, 0.6) is 0 Å². The summed E-state index contributed by atoms with van der Waals surface area (Å²) in [6.45, 7) is 6.14. The highest BCUT2D eigenvalue weighted by atomic mass is 16.5. The molecule has 0 spiro atoms. The van der Waals surface area contributed by atoms with Crippen LogP contribution in [0, 0.1) is 0 Å². The Bertz CT molecular complexity index is 604. The molecule has 6 heteroatoms. The summed E-state index contributed by atoms with van der Waals surface area (Å²) in [5.41, 5.74) is 2.35. The molecule has 0 aromatic heterocycles. The van der Waals surface area contributed by atoms with Crippen molar-refractivity contribution in [3.05, 3.63) is 29.8 Å². The first-order valence-electron chi connectivity index (χ1n) is 10.2. The number of rotatable bonds is 11. The van der Waals surface area contributed by atoms with Gasteiger partial charge in [-0.2, -0.15) is 0 Å². The van der Waals surface area contributed by atoms with E-state index >= 15 is 0 Å². The van der Waals surface area contributed by atoms with Gasteiger partial charge in [0.05, 0.1) is 0 Å². The molecular weight excluding hydrogens is 340 g/mol. The Morgan fingerprint density at radius 3 is 2.67 bits per heavy atom. The van der Waals surface area contributed by atoms with Crippen molar-refractivity contribution in [1.82, 2.24) is 10.6 Å². The molecule has 150 valence electrons. The molecule has 0 bridgehead atoms. The number of carbonyl (C=O) groups excluding carboxylic acids is 1. The molecule has 1 aliphatic rings. The lowest BCUT2D eigenvalue weighted by Gasteiger charge is -2.17. The number of carbonyl (C=O) groups is 1. The Morgan fingerprint density at radius 2 is 1.89 bits per heavy atom. The van der Waals surface area contributed by atoms with E-state index in [4.69, 9.17) is 4.74 Å². The van der Waals surface area contributed by atoms with Gasteiger partial charge in [-0.1, -0.05) is 31.5 Å². The molecule has 0 aliphatic carbocycles. The normalized spacial score (nSPS) is 13.6. The van der Waals surface area contributed by atoms with Gasteiger partial charge in [0, 0.05) is 52.0 Å². The smallest absolute Gasteiger partial charge is 0.227 e. The van der Waals surface area contributed by atoms with Crippen LogP contribution in [0.15, 0.2) is 29.3 Å². The van der Waals surface area contributed by atoms with Crippen LogP contribution >= 0.6 is 0 Å². The molecule has 1 aromatic rings. The van der Waals surface area contributed by atoms with Gasteiger partial charge < -0.3 is 20.3 Å². The number of nitrogens with zero attached hydrogens (tertiary/aromatic N) is 2. The third-order valence-corrected chi connectivity index (χ3v) is 4.67. The molecule has 1 amide bonds. The summed E-state index contributed by atoms with van der Waals surface area (Å²) in [5.74, 6) is 0.983. The number of ether oxygens (including phenoxy) is 1. The van der Waals surface area contributed by atoms with Crippen molar-refractivity contribution in [2.75, 3.05) is 44.8 Å². The summed E-state index contributed by atoms with van der Waals surface area (Å²) in [5, 5.41) is 6.55. The fourth-order valence-electron chi connectivity index (χ4n) is 3.13. The first-order valence-corrected chi connectivity index (χ1v) is 10.2. The van der Waals surface area contributed by atoms with Gasteiger partial charge in [-0.15, -0.1) is 0 Å². The van der Waals surface area contributed by atoms with Crippen LogP contribution in [0.25, 0.3) is 0 Å². The lowest BCUT2D eigenvalue weighted by molar-refractivity contribution is -0.118. The van der Waals surface area contributed by atoms with E-state index in [1.54, 1.807) is 7.05 Å². The molecule has 1 aromatic carbocycles. The molecule has 0 unspecified atom stereocenters. The fraction of sp³-hybridized carbons (Fsp3) is 0.619. The minimum atomic E-state index is 0.203. The Morgan fingerprint density at radius 1 is 1.15 bits per heavy atom. The van der Waals surface area contributed by atoms with Crippen LogP contribution < -0.4 is 15.5 Å². The number of hydrogen-bond donors (Lipinski definition) is 2. The highest BCUT2D eigenvalue weighted by Gasteiger charge is 2.23. The topological polar surface area (TPSA) is 66.0 Å². The standard InChI is InChI=1S/C21H34N4O2/c1-3-4-16-27-17-8-14-24-21(22-2)23-13-7-11-20(26)25-15-12-18-9-5-6-10-19(18)25/h5-6,9-10H,3-4,7-8,11-17H2,1-2H3,(H2,22,23,24). The van der Waals surface area contributed by atoms with Gasteiger partial charge in [-0.25, -0.2) is 0 Å². The van der Waals surface area contributed by atoms with Gasteiger partial charge in [0.1, 0.15) is 0 Å². The van der Waals surface area contributed by atoms with Crippen LogP contribution in [-0.4, -0.2) is 51.8 Å². The maximum absolute atomic E-state index is 12.5. The average molecular weight is 375 g/mol. The van der Waals surface area contributed by atoms with Crippen molar-refractivity contribution in [3.8, 4) is 0 Å². The number of amides is 1. The zero-order valence-electron chi connectivity index (χ0n) is 16.8. The van der Waals surface area contributed by atoms with Gasteiger partial charge in [-0.05, 0) is 37.3 Å². The molecule has 27 heavy (non-hydrogen) atoms. The number of fused-ring (bicyclic) bond motifs is 1. The number of unbranched alkanes of at least 4 members (excludes halogenated alkanes) is 1. The lowest BCUT2D eigenvalue weighted by atomic mass is 10.2. The second-order valence-corrected chi connectivity index (χ2v) is 6.77. The van der Waals surface area contributed by atoms with Crippen LogP contribution in [0.1, 0.15) is 44.6 Å². The van der Waals surface area contributed by atoms with E-state index in [1.165, 1.54) is 12.0 Å². The van der Waals surface area contributed by atoms with E-state index in [0.717, 1.165) is 70.2 Å². The summed E-state index contributed by atoms with van der Waals surface area (Å²) in [6.07, 6.45) is 5.54. The quantitative estimate of drug-likeness (QED) is 0.355. The Balaban J connectivity index is 1.57. The lowest BCUT2D eigenvalue weighted by Crippen LogP contribution is -2.39. The van der Waals surface area contributed by atoms with E-state index in [2.05, 4.69) is 28.6 Å². The minimum Gasteiger partial charge on any atom is -0.381 e. The van der Waals surface area contributed by atoms with E-state index in [0.29, 0.717) is 6.42 Å². The largest absolute Gasteiger partial charge is 0.381 e. The molecule has 1 aliphatic heterocycles.